The first kappa shape index (κ1) is 71.8. The van der Waals surface area contributed by atoms with Crippen LogP contribution in [0.25, 0.3) is 296 Å². The Bertz CT molecular complexity index is 10500. The molecule has 16 nitrogen and oxygen atoms in total. The molecule has 134 heavy (non-hydrogen) atoms. The highest BCUT2D eigenvalue weighted by atomic mass is 32.1. The maximum atomic E-state index is 6.34. The van der Waals surface area contributed by atoms with Crippen LogP contribution in [-0.2, 0) is 0 Å². The van der Waals surface area contributed by atoms with Gasteiger partial charge in [-0.25, -0.2) is 34.9 Å². The number of fused-ring (bicyclic) bond motifs is 39. The zero-order valence-corrected chi connectivity index (χ0v) is 71.7. The highest BCUT2D eigenvalue weighted by Gasteiger charge is 2.31. The number of aromatic nitrogens is 15. The Morgan fingerprint density at radius 3 is 1.00 bits per heavy atom. The van der Waals surface area contributed by atoms with Gasteiger partial charge in [0.2, 0.25) is 5.95 Å². The van der Waals surface area contributed by atoms with Crippen molar-refractivity contribution in [3.63, 3.8) is 0 Å². The van der Waals surface area contributed by atoms with Crippen LogP contribution in [0.1, 0.15) is 0 Å². The second kappa shape index (κ2) is 26.7. The molecule has 0 unspecified atom stereocenters. The van der Waals surface area contributed by atoms with Gasteiger partial charge in [0.05, 0.1) is 99.3 Å². The van der Waals surface area contributed by atoms with E-state index in [1.54, 1.807) is 0 Å². The molecule has 33 aromatic rings. The number of hydrogen-bond donors (Lipinski definition) is 0. The van der Waals surface area contributed by atoms with Crippen LogP contribution in [0.5, 0.6) is 0 Å². The van der Waals surface area contributed by atoms with Gasteiger partial charge in [-0.3, -0.25) is 17.8 Å². The molecule has 0 atom stereocenters. The number of furan rings is 1. The lowest BCUT2D eigenvalue weighted by molar-refractivity contribution is 0.668. The summed E-state index contributed by atoms with van der Waals surface area (Å²) in [5.74, 6) is 1.82. The largest absolute Gasteiger partial charge is 0.456 e. The molecule has 0 aliphatic heterocycles. The monoisotopic (exact) mass is 1730 g/mol. The molecule has 0 aliphatic carbocycles. The molecule has 0 saturated carbocycles. The minimum absolute atomic E-state index is 0.571. The predicted molar refractivity (Wildman–Crippen MR) is 550 cm³/mol. The Labute approximate surface area is 760 Å². The van der Waals surface area contributed by atoms with E-state index in [0.717, 1.165) is 176 Å². The third-order valence-electron chi connectivity index (χ3n) is 27.9. The van der Waals surface area contributed by atoms with Crippen LogP contribution in [0.4, 0.5) is 0 Å². The fraction of sp³-hybridized carbons (Fsp3) is 0. The van der Waals surface area contributed by atoms with Crippen LogP contribution in [0, 0.1) is 0 Å². The molecule has 15 aromatic heterocycles. The maximum absolute atomic E-state index is 6.34. The smallest absolute Gasteiger partial charge is 0.238 e. The molecule has 0 fully saturated rings. The van der Waals surface area contributed by atoms with Crippen LogP contribution in [0.3, 0.4) is 0 Å². The summed E-state index contributed by atoms with van der Waals surface area (Å²) in [6.45, 7) is 0. The van der Waals surface area contributed by atoms with E-state index in [9.17, 15) is 0 Å². The second-order valence-electron chi connectivity index (χ2n) is 35.0. The molecule has 33 rings (SSSR count). The normalized spacial score (nSPS) is 12.5. The van der Waals surface area contributed by atoms with Gasteiger partial charge in [-0.15, -0.1) is 11.3 Å². The van der Waals surface area contributed by atoms with Crippen molar-refractivity contribution in [3.8, 4) is 40.1 Å². The van der Waals surface area contributed by atoms with E-state index in [2.05, 4.69) is 270 Å². The van der Waals surface area contributed by atoms with Crippen LogP contribution in [-0.4, -0.2) is 71.8 Å². The summed E-state index contributed by atoms with van der Waals surface area (Å²) in [5.41, 5.74) is 30.5. The summed E-state index contributed by atoms with van der Waals surface area (Å²) < 4.78 is 23.0. The van der Waals surface area contributed by atoms with E-state index in [0.29, 0.717) is 17.6 Å². The lowest BCUT2D eigenvalue weighted by Crippen LogP contribution is -2.06. The van der Waals surface area contributed by atoms with E-state index >= 15 is 0 Å². The average molecular weight is 1730 g/mol. The van der Waals surface area contributed by atoms with Crippen molar-refractivity contribution < 1.29 is 4.42 Å². The molecule has 0 aliphatic rings. The van der Waals surface area contributed by atoms with Crippen LogP contribution >= 0.6 is 11.3 Å². The minimum atomic E-state index is 0.571. The van der Waals surface area contributed by atoms with Crippen molar-refractivity contribution in [2.45, 2.75) is 0 Å². The molecule has 0 saturated heterocycles. The first-order valence-corrected chi connectivity index (χ1v) is 45.8. The highest BCUT2D eigenvalue weighted by Crippen LogP contribution is 2.51. The first-order chi connectivity index (χ1) is 66.5. The number of rotatable bonds is 5. The average Bonchev–Trinajstić information content (AvgIpc) is 1.53. The molecule has 0 N–H and O–H groups in total. The topological polar surface area (TPSA) is 157 Å². The van der Waals surface area contributed by atoms with Crippen LogP contribution < -0.4 is 0 Å². The van der Waals surface area contributed by atoms with Gasteiger partial charge in [0.25, 0.3) is 0 Å². The summed E-state index contributed by atoms with van der Waals surface area (Å²) >= 11 is 1.87. The van der Waals surface area contributed by atoms with E-state index in [4.69, 9.17) is 49.3 Å². The molecule has 0 radical (unpaired) electrons. The van der Waals surface area contributed by atoms with Crippen molar-refractivity contribution in [2.75, 3.05) is 0 Å². The SMILES string of the molecule is c1ccc(-c2nc(-c3ccccc3)nc(-n3c4ccccc4c4ccc5c(c6cccc7c8nc9ccccc9nc8n5c76)c43)n2)cc1.c1ccc2nc3c(nc2c1)c1cccc2c4c5c(ccc4n3c12)c1ccccc1n5-c1ccc2c(c1)oc1ccccc12.c1ccc2nc3c(nc2c1)c1cccc2c4c5c(ccc4n3c12)c1ccccc1n5-c1ccc2c(c1)sc1ccccc12. The van der Waals surface area contributed by atoms with Gasteiger partial charge in [0.1, 0.15) is 27.7 Å². The van der Waals surface area contributed by atoms with E-state index < -0.39 is 0 Å². The Morgan fingerprint density at radius 2 is 0.537 bits per heavy atom. The van der Waals surface area contributed by atoms with Crippen molar-refractivity contribution in [1.29, 1.82) is 0 Å². The fourth-order valence-corrected chi connectivity index (χ4v) is 23.5. The lowest BCUT2D eigenvalue weighted by atomic mass is 10.1. The Hall–Kier alpha value is -18.2. The van der Waals surface area contributed by atoms with E-state index in [1.165, 1.54) is 102 Å². The number of benzene rings is 18. The second-order valence-corrected chi connectivity index (χ2v) is 36.0. The lowest BCUT2D eigenvalue weighted by Gasteiger charge is -2.11. The highest BCUT2D eigenvalue weighted by molar-refractivity contribution is 7.25. The summed E-state index contributed by atoms with van der Waals surface area (Å²) in [7, 11) is 0. The van der Waals surface area contributed by atoms with Crippen molar-refractivity contribution in [3.05, 3.63) is 382 Å². The summed E-state index contributed by atoms with van der Waals surface area (Å²) in [4.78, 5) is 46.1. The number of para-hydroxylation sites is 13. The van der Waals surface area contributed by atoms with Crippen molar-refractivity contribution >= 4 is 267 Å². The first-order valence-electron chi connectivity index (χ1n) is 45.0. The summed E-state index contributed by atoms with van der Waals surface area (Å²) in [6, 6.07) is 134. The molecule has 0 spiro atoms. The van der Waals surface area contributed by atoms with E-state index in [-0.39, 0.29) is 0 Å². The molecule has 0 amide bonds. The quantitative estimate of drug-likeness (QED) is 0.162. The van der Waals surface area contributed by atoms with Gasteiger partial charge in [-0.05, 0) is 109 Å². The summed E-state index contributed by atoms with van der Waals surface area (Å²) in [6.07, 6.45) is 0. The molecule has 15 heterocycles. The summed E-state index contributed by atoms with van der Waals surface area (Å²) in [5, 5.41) is 22.7. The Balaban J connectivity index is 0.0000000943. The molecule has 18 aromatic carbocycles. The van der Waals surface area contributed by atoms with Gasteiger partial charge in [-0.2, -0.15) is 9.97 Å². The Morgan fingerprint density at radius 1 is 0.201 bits per heavy atom. The van der Waals surface area contributed by atoms with Gasteiger partial charge in [0, 0.05) is 140 Å². The van der Waals surface area contributed by atoms with Gasteiger partial charge >= 0.3 is 0 Å². The predicted octanol–water partition coefficient (Wildman–Crippen LogP) is 29.4. The zero-order chi connectivity index (χ0) is 87.0. The van der Waals surface area contributed by atoms with Crippen molar-refractivity contribution in [1.82, 2.24) is 71.8 Å². The third-order valence-corrected chi connectivity index (χ3v) is 29.1. The van der Waals surface area contributed by atoms with Crippen molar-refractivity contribution in [2.24, 2.45) is 0 Å². The van der Waals surface area contributed by atoms with Crippen LogP contribution in [0.2, 0.25) is 0 Å². The fourth-order valence-electron chi connectivity index (χ4n) is 22.4. The molecular formula is C117H63N15OS. The Kier molecular flexibility index (Phi) is 14.3. The number of thiophene rings is 1. The molecule has 17 heteroatoms. The third kappa shape index (κ3) is 9.78. The van der Waals surface area contributed by atoms with Gasteiger partial charge < -0.3 is 13.6 Å². The standard InChI is InChI=1S/C41H23N7.C38H20N4O.C38H20N4S/c1-3-12-24(13-4-1)38-44-39(25-14-5-2-6-15-25)46-41(45-38)48-32-21-10-7-16-26(32)27-22-23-33-34(37(27)48)28-17-11-18-29-35-40(47(33)36(28)29)43-31-20-9-8-19-30(31)42-35;2*1-5-14-30-22(8-1)25-18-19-31-34(37(25)41(30)21-16-17-24-23-9-2-6-15-32(23)43-33(24)20-21)26-10-7-11-27-35-38(42(31)36(26)27)40-29-13-4-3-12-28(29)39-35/h1-23H;2*1-20H. The molecular weight excluding hydrogens is 1660 g/mol. The van der Waals surface area contributed by atoms with E-state index in [1.807, 2.05) is 151 Å². The number of nitrogens with zero attached hydrogens (tertiary/aromatic N) is 15. The minimum Gasteiger partial charge on any atom is -0.456 e. The molecule has 618 valence electrons. The van der Waals surface area contributed by atoms with Crippen LogP contribution in [0.15, 0.2) is 387 Å². The van der Waals surface area contributed by atoms with Gasteiger partial charge in [0.15, 0.2) is 28.6 Å². The zero-order valence-electron chi connectivity index (χ0n) is 70.9. The molecule has 0 bridgehead atoms. The maximum Gasteiger partial charge on any atom is 0.238 e. The van der Waals surface area contributed by atoms with Gasteiger partial charge in [-0.1, -0.05) is 267 Å². The number of hydrogen-bond acceptors (Lipinski definition) is 11.